The Morgan fingerprint density at radius 2 is 1.28 bits per heavy atom. The van der Waals surface area contributed by atoms with Crippen LogP contribution in [0.3, 0.4) is 0 Å². The lowest BCUT2D eigenvalue weighted by molar-refractivity contribution is -0.132. The largest absolute Gasteiger partial charge is 0.336 e. The van der Waals surface area contributed by atoms with E-state index in [0.717, 1.165) is 0 Å². The highest BCUT2D eigenvalue weighted by Crippen LogP contribution is 2.19. The van der Waals surface area contributed by atoms with Crippen molar-refractivity contribution in [2.24, 2.45) is 0 Å². The van der Waals surface area contributed by atoms with Crippen molar-refractivity contribution < 1.29 is 27.2 Å². The molecule has 1 fully saturated rings. The molecule has 0 radical (unpaired) electrons. The summed E-state index contributed by atoms with van der Waals surface area (Å²) < 4.78 is 40.9. The average Bonchev–Trinajstić information content (AvgIpc) is 2.92. The van der Waals surface area contributed by atoms with Gasteiger partial charge in [-0.25, -0.2) is 12.8 Å². The number of benzene rings is 3. The summed E-state index contributed by atoms with van der Waals surface area (Å²) in [6.45, 7) is 0.232. The van der Waals surface area contributed by atoms with Gasteiger partial charge < -0.3 is 15.1 Å². The van der Waals surface area contributed by atoms with Gasteiger partial charge in [0.05, 0.1) is 10.5 Å². The van der Waals surface area contributed by atoms with Crippen LogP contribution in [0.25, 0.3) is 0 Å². The molecule has 36 heavy (non-hydrogen) atoms. The Bertz CT molecular complexity index is 1360. The molecule has 4 rings (SSSR count). The summed E-state index contributed by atoms with van der Waals surface area (Å²) in [6, 6.07) is 21.0. The van der Waals surface area contributed by atoms with E-state index in [9.17, 15) is 27.2 Å². The van der Waals surface area contributed by atoms with Crippen molar-refractivity contribution in [1.29, 1.82) is 0 Å². The number of nitrogens with zero attached hydrogens (tertiary/aromatic N) is 2. The van der Waals surface area contributed by atoms with E-state index < -0.39 is 38.7 Å². The smallest absolute Gasteiger partial charge is 0.261 e. The van der Waals surface area contributed by atoms with Gasteiger partial charge in [0.15, 0.2) is 0 Å². The summed E-state index contributed by atoms with van der Waals surface area (Å²) in [4.78, 5) is 41.6. The Morgan fingerprint density at radius 1 is 0.750 bits per heavy atom. The standard InChI is InChI=1S/C26H24FN3O5S/c27-22-14-8-7-13-21(22)25(32)29-15-17-30(18-16-29)26(33)24(28-23(31)19-9-3-1-4-10-19)36(34,35)20-11-5-2-6-12-20/h1-14,24H,15-18H2,(H,28,31)/t24-/m1/s1. The molecule has 3 amide bonds. The van der Waals surface area contributed by atoms with Crippen molar-refractivity contribution >= 4 is 27.6 Å². The van der Waals surface area contributed by atoms with Gasteiger partial charge in [-0.1, -0.05) is 48.5 Å². The molecular formula is C26H24FN3O5S. The summed E-state index contributed by atoms with van der Waals surface area (Å²) in [5.74, 6) is -2.66. The van der Waals surface area contributed by atoms with Crippen LogP contribution in [-0.4, -0.2) is 67.5 Å². The van der Waals surface area contributed by atoms with Gasteiger partial charge in [-0.3, -0.25) is 14.4 Å². The Labute approximate surface area is 208 Å². The summed E-state index contributed by atoms with van der Waals surface area (Å²) >= 11 is 0. The molecule has 3 aromatic carbocycles. The van der Waals surface area contributed by atoms with E-state index in [1.54, 1.807) is 30.3 Å². The van der Waals surface area contributed by atoms with E-state index in [1.807, 2.05) is 0 Å². The number of rotatable bonds is 6. The molecular weight excluding hydrogens is 485 g/mol. The molecule has 1 heterocycles. The molecule has 1 atom stereocenters. The maximum Gasteiger partial charge on any atom is 0.261 e. The van der Waals surface area contributed by atoms with Gasteiger partial charge in [-0.2, -0.15) is 0 Å². The fraction of sp³-hybridized carbons (Fsp3) is 0.192. The van der Waals surface area contributed by atoms with Gasteiger partial charge in [-0.05, 0) is 36.4 Å². The van der Waals surface area contributed by atoms with Gasteiger partial charge >= 0.3 is 0 Å². The lowest BCUT2D eigenvalue weighted by Gasteiger charge is -2.36. The van der Waals surface area contributed by atoms with E-state index in [4.69, 9.17) is 0 Å². The quantitative estimate of drug-likeness (QED) is 0.550. The average molecular weight is 510 g/mol. The number of amides is 3. The molecule has 1 N–H and O–H groups in total. The van der Waals surface area contributed by atoms with Crippen LogP contribution >= 0.6 is 0 Å². The van der Waals surface area contributed by atoms with Gasteiger partial charge in [0.1, 0.15) is 5.82 Å². The van der Waals surface area contributed by atoms with Gasteiger partial charge in [-0.15, -0.1) is 0 Å². The number of hydrogen-bond acceptors (Lipinski definition) is 5. The van der Waals surface area contributed by atoms with Crippen molar-refractivity contribution in [3.05, 3.63) is 102 Å². The summed E-state index contributed by atoms with van der Waals surface area (Å²) in [5.41, 5.74) is 0.135. The first-order chi connectivity index (χ1) is 17.3. The third kappa shape index (κ3) is 5.28. The molecule has 0 spiro atoms. The second-order valence-corrected chi connectivity index (χ2v) is 10.2. The lowest BCUT2D eigenvalue weighted by atomic mass is 10.1. The van der Waals surface area contributed by atoms with Crippen molar-refractivity contribution in [2.45, 2.75) is 10.3 Å². The minimum Gasteiger partial charge on any atom is -0.336 e. The maximum atomic E-state index is 14.0. The molecule has 0 unspecified atom stereocenters. The normalized spacial score (nSPS) is 14.7. The van der Waals surface area contributed by atoms with Crippen LogP contribution in [0.5, 0.6) is 0 Å². The molecule has 1 aliphatic heterocycles. The number of carbonyl (C=O) groups is 3. The number of sulfone groups is 1. The van der Waals surface area contributed by atoms with E-state index in [-0.39, 0.29) is 42.2 Å². The van der Waals surface area contributed by atoms with Gasteiger partial charge in [0.2, 0.25) is 15.2 Å². The molecule has 10 heteroatoms. The highest BCUT2D eigenvalue weighted by Gasteiger charge is 2.39. The van der Waals surface area contributed by atoms with Crippen molar-refractivity contribution in [3.63, 3.8) is 0 Å². The summed E-state index contributed by atoms with van der Waals surface area (Å²) in [5, 5.41) is 0.528. The van der Waals surface area contributed by atoms with E-state index in [2.05, 4.69) is 5.32 Å². The molecule has 0 aromatic heterocycles. The van der Waals surface area contributed by atoms with Crippen molar-refractivity contribution in [1.82, 2.24) is 15.1 Å². The van der Waals surface area contributed by atoms with E-state index >= 15 is 0 Å². The zero-order chi connectivity index (χ0) is 25.7. The predicted molar refractivity (Wildman–Crippen MR) is 130 cm³/mol. The molecule has 1 saturated heterocycles. The first-order valence-electron chi connectivity index (χ1n) is 11.3. The highest BCUT2D eigenvalue weighted by atomic mass is 32.2. The van der Waals surface area contributed by atoms with Crippen LogP contribution in [-0.2, 0) is 14.6 Å². The topological polar surface area (TPSA) is 104 Å². The second kappa shape index (κ2) is 10.7. The van der Waals surface area contributed by atoms with Crippen molar-refractivity contribution in [2.75, 3.05) is 26.2 Å². The Morgan fingerprint density at radius 3 is 1.89 bits per heavy atom. The molecule has 0 aliphatic carbocycles. The predicted octanol–water partition coefficient (Wildman–Crippen LogP) is 2.34. The van der Waals surface area contributed by atoms with Crippen LogP contribution in [0.4, 0.5) is 4.39 Å². The van der Waals surface area contributed by atoms with Crippen molar-refractivity contribution in [3.8, 4) is 0 Å². The minimum atomic E-state index is -4.28. The Kier molecular flexibility index (Phi) is 7.44. The first-order valence-corrected chi connectivity index (χ1v) is 12.8. The Hall–Kier alpha value is -4.05. The number of nitrogens with one attached hydrogen (secondary N) is 1. The number of carbonyl (C=O) groups excluding carboxylic acids is 3. The molecule has 8 nitrogen and oxygen atoms in total. The number of hydrogen-bond donors (Lipinski definition) is 1. The van der Waals surface area contributed by atoms with Crippen LogP contribution in [0.1, 0.15) is 20.7 Å². The van der Waals surface area contributed by atoms with Gasteiger partial charge in [0.25, 0.3) is 17.7 Å². The fourth-order valence-corrected chi connectivity index (χ4v) is 5.40. The SMILES string of the molecule is O=C(N[C@@H](C(=O)N1CCN(C(=O)c2ccccc2F)CC1)S(=O)(=O)c1ccccc1)c1ccccc1. The fourth-order valence-electron chi connectivity index (χ4n) is 3.91. The number of halogens is 1. The number of piperazine rings is 1. The van der Waals surface area contributed by atoms with E-state index in [0.29, 0.717) is 0 Å². The molecule has 3 aromatic rings. The van der Waals surface area contributed by atoms with E-state index in [1.165, 1.54) is 64.4 Å². The van der Waals surface area contributed by atoms with Crippen LogP contribution in [0, 0.1) is 5.82 Å². The first kappa shape index (κ1) is 25.1. The van der Waals surface area contributed by atoms with Crippen LogP contribution < -0.4 is 5.32 Å². The summed E-state index contributed by atoms with van der Waals surface area (Å²) in [6.07, 6.45) is 0. The third-order valence-corrected chi connectivity index (χ3v) is 7.76. The molecule has 0 saturated carbocycles. The lowest BCUT2D eigenvalue weighted by Crippen LogP contribution is -2.57. The monoisotopic (exact) mass is 509 g/mol. The summed E-state index contributed by atoms with van der Waals surface area (Å²) in [7, 11) is -4.28. The molecule has 0 bridgehead atoms. The van der Waals surface area contributed by atoms with Crippen LogP contribution in [0.15, 0.2) is 89.8 Å². The van der Waals surface area contributed by atoms with Crippen LogP contribution in [0.2, 0.25) is 0 Å². The Balaban J connectivity index is 1.54. The third-order valence-electron chi connectivity index (χ3n) is 5.89. The second-order valence-electron chi connectivity index (χ2n) is 8.17. The zero-order valence-electron chi connectivity index (χ0n) is 19.2. The maximum absolute atomic E-state index is 14.0. The van der Waals surface area contributed by atoms with Gasteiger partial charge in [0, 0.05) is 31.7 Å². The molecule has 186 valence electrons. The molecule has 1 aliphatic rings. The zero-order valence-corrected chi connectivity index (χ0v) is 20.0. The highest BCUT2D eigenvalue weighted by molar-refractivity contribution is 7.92. The minimum absolute atomic E-state index is 0.0288.